The first-order valence-electron chi connectivity index (χ1n) is 8.83. The van der Waals surface area contributed by atoms with Crippen LogP contribution in [0.3, 0.4) is 0 Å². The monoisotopic (exact) mass is 352 g/mol. The molecule has 0 saturated carbocycles. The van der Waals surface area contributed by atoms with Gasteiger partial charge >= 0.3 is 5.97 Å². The minimum atomic E-state index is -1.22. The van der Waals surface area contributed by atoms with Gasteiger partial charge in [-0.25, -0.2) is 4.79 Å². The number of aliphatic hydroxyl groups is 1. The number of cyclic esters (lactones) is 1. The molecule has 26 heavy (non-hydrogen) atoms. The van der Waals surface area contributed by atoms with Crippen molar-refractivity contribution in [2.45, 2.75) is 39.4 Å². The second-order valence-electron chi connectivity index (χ2n) is 7.17. The van der Waals surface area contributed by atoms with Crippen LogP contribution < -0.4 is 0 Å². The van der Waals surface area contributed by atoms with Crippen LogP contribution in [-0.2, 0) is 32.9 Å². The van der Waals surface area contributed by atoms with Crippen molar-refractivity contribution < 1.29 is 19.4 Å². The molecule has 1 atom stereocenters. The van der Waals surface area contributed by atoms with E-state index in [2.05, 4.69) is 13.8 Å². The zero-order valence-corrected chi connectivity index (χ0v) is 15.4. The lowest BCUT2D eigenvalue weighted by molar-refractivity contribution is -0.150. The fourth-order valence-electron chi connectivity index (χ4n) is 3.08. The Bertz CT molecular complexity index is 806. The third kappa shape index (κ3) is 3.59. The van der Waals surface area contributed by atoms with Crippen LogP contribution in [0.2, 0.25) is 0 Å². The Morgan fingerprint density at radius 3 is 2.31 bits per heavy atom. The molecular formula is C22H24O4. The molecule has 1 N–H and O–H groups in total. The van der Waals surface area contributed by atoms with Gasteiger partial charge in [-0.1, -0.05) is 68.4 Å². The van der Waals surface area contributed by atoms with E-state index in [9.17, 15) is 9.90 Å². The van der Waals surface area contributed by atoms with Gasteiger partial charge in [0.15, 0.2) is 11.4 Å². The fraction of sp³-hybridized carbons (Fsp3) is 0.318. The van der Waals surface area contributed by atoms with Crippen molar-refractivity contribution in [1.29, 1.82) is 0 Å². The van der Waals surface area contributed by atoms with Crippen LogP contribution in [0.4, 0.5) is 0 Å². The summed E-state index contributed by atoms with van der Waals surface area (Å²) in [7, 11) is 0. The summed E-state index contributed by atoms with van der Waals surface area (Å²) < 4.78 is 11.0. The molecule has 1 aliphatic rings. The third-order valence-electron chi connectivity index (χ3n) is 4.52. The molecule has 0 fully saturated rings. The Morgan fingerprint density at radius 1 is 1.04 bits per heavy atom. The van der Waals surface area contributed by atoms with Crippen molar-refractivity contribution in [2.75, 3.05) is 0 Å². The zero-order chi connectivity index (χ0) is 18.7. The summed E-state index contributed by atoms with van der Waals surface area (Å²) in [5.41, 5.74) is 1.61. The first-order valence-corrected chi connectivity index (χ1v) is 8.83. The van der Waals surface area contributed by atoms with Gasteiger partial charge in [-0.05, 0) is 30.4 Å². The van der Waals surface area contributed by atoms with E-state index in [4.69, 9.17) is 9.47 Å². The number of carbonyl (C=O) groups excluding carboxylic acids is 1. The van der Waals surface area contributed by atoms with Gasteiger partial charge in [0.25, 0.3) is 0 Å². The van der Waals surface area contributed by atoms with Crippen LogP contribution in [-0.4, -0.2) is 11.1 Å². The predicted molar refractivity (Wildman–Crippen MR) is 99.3 cm³/mol. The number of ether oxygens (including phenoxy) is 2. The number of rotatable bonds is 6. The number of benzene rings is 2. The number of carbonyl (C=O) groups is 1. The molecule has 0 bridgehead atoms. The normalized spacial score (nSPS) is 19.8. The number of aliphatic hydroxyl groups excluding tert-OH is 1. The number of hydrogen-bond acceptors (Lipinski definition) is 4. The van der Waals surface area contributed by atoms with Gasteiger partial charge in [-0.3, -0.25) is 0 Å². The Balaban J connectivity index is 1.80. The summed E-state index contributed by atoms with van der Waals surface area (Å²) in [6.07, 6.45) is 0.976. The van der Waals surface area contributed by atoms with Crippen LogP contribution in [0, 0.1) is 5.92 Å². The van der Waals surface area contributed by atoms with Crippen molar-refractivity contribution in [3.63, 3.8) is 0 Å². The molecule has 4 nitrogen and oxygen atoms in total. The van der Waals surface area contributed by atoms with E-state index >= 15 is 0 Å². The van der Waals surface area contributed by atoms with Gasteiger partial charge in [0.05, 0.1) is 0 Å². The van der Waals surface area contributed by atoms with Gasteiger partial charge < -0.3 is 14.6 Å². The maximum Gasteiger partial charge on any atom is 0.378 e. The van der Waals surface area contributed by atoms with Crippen molar-refractivity contribution in [2.24, 2.45) is 5.92 Å². The Morgan fingerprint density at radius 2 is 1.69 bits per heavy atom. The van der Waals surface area contributed by atoms with Crippen molar-refractivity contribution in [3.05, 3.63) is 82.8 Å². The average molecular weight is 352 g/mol. The molecule has 1 heterocycles. The van der Waals surface area contributed by atoms with E-state index in [-0.39, 0.29) is 18.1 Å². The topological polar surface area (TPSA) is 55.8 Å². The van der Waals surface area contributed by atoms with E-state index in [1.165, 1.54) is 5.56 Å². The lowest BCUT2D eigenvalue weighted by Crippen LogP contribution is -2.25. The molecule has 0 aliphatic carbocycles. The summed E-state index contributed by atoms with van der Waals surface area (Å²) in [5, 5.41) is 10.6. The first kappa shape index (κ1) is 18.1. The SMILES string of the molecule is CC(C)Cc1ccc(C2(C)OC(=O)C(OCc3ccccc3)=C2O)cc1. The minimum Gasteiger partial charge on any atom is -0.505 e. The Kier molecular flexibility index (Phi) is 5.03. The number of esters is 1. The van der Waals surface area contributed by atoms with Crippen LogP contribution in [0.5, 0.6) is 0 Å². The van der Waals surface area contributed by atoms with Gasteiger partial charge in [-0.2, -0.15) is 0 Å². The second kappa shape index (κ2) is 7.24. The molecule has 2 aromatic carbocycles. The highest BCUT2D eigenvalue weighted by Gasteiger charge is 2.47. The standard InChI is InChI=1S/C22H24O4/c1-15(2)13-16-9-11-18(12-10-16)22(3)20(23)19(21(24)26-22)25-14-17-7-5-4-6-8-17/h4-12,15,23H,13-14H2,1-3H3. The van der Waals surface area contributed by atoms with Crippen LogP contribution in [0.15, 0.2) is 66.1 Å². The molecule has 0 amide bonds. The lowest BCUT2D eigenvalue weighted by atomic mass is 9.92. The summed E-state index contributed by atoms with van der Waals surface area (Å²) >= 11 is 0. The summed E-state index contributed by atoms with van der Waals surface area (Å²) in [4.78, 5) is 12.2. The van der Waals surface area contributed by atoms with Gasteiger partial charge in [0.1, 0.15) is 6.61 Å². The molecule has 2 aromatic rings. The molecular weight excluding hydrogens is 328 g/mol. The van der Waals surface area contributed by atoms with Crippen molar-refractivity contribution >= 4 is 5.97 Å². The average Bonchev–Trinajstić information content (AvgIpc) is 2.84. The molecule has 1 aliphatic heterocycles. The van der Waals surface area contributed by atoms with Gasteiger partial charge in [0.2, 0.25) is 5.76 Å². The Hall–Kier alpha value is -2.75. The molecule has 0 radical (unpaired) electrons. The van der Waals surface area contributed by atoms with Crippen molar-refractivity contribution in [3.8, 4) is 0 Å². The summed E-state index contributed by atoms with van der Waals surface area (Å²) in [6.45, 7) is 6.20. The maximum absolute atomic E-state index is 12.2. The fourth-order valence-corrected chi connectivity index (χ4v) is 3.08. The zero-order valence-electron chi connectivity index (χ0n) is 15.4. The van der Waals surface area contributed by atoms with Gasteiger partial charge in [0, 0.05) is 5.56 Å². The summed E-state index contributed by atoms with van der Waals surface area (Å²) in [6, 6.07) is 17.3. The van der Waals surface area contributed by atoms with Crippen LogP contribution in [0.25, 0.3) is 0 Å². The molecule has 4 heteroatoms. The third-order valence-corrected chi connectivity index (χ3v) is 4.52. The largest absolute Gasteiger partial charge is 0.505 e. The van der Waals surface area contributed by atoms with E-state index in [0.717, 1.165) is 12.0 Å². The summed E-state index contributed by atoms with van der Waals surface area (Å²) in [5.74, 6) is -0.392. The van der Waals surface area contributed by atoms with Crippen molar-refractivity contribution in [1.82, 2.24) is 0 Å². The maximum atomic E-state index is 12.2. The highest BCUT2D eigenvalue weighted by Crippen LogP contribution is 2.40. The second-order valence-corrected chi connectivity index (χ2v) is 7.17. The van der Waals surface area contributed by atoms with E-state index in [1.54, 1.807) is 6.92 Å². The molecule has 3 rings (SSSR count). The molecule has 136 valence electrons. The number of hydrogen-bond donors (Lipinski definition) is 1. The van der Waals surface area contributed by atoms with E-state index < -0.39 is 11.6 Å². The minimum absolute atomic E-state index is 0.123. The van der Waals surface area contributed by atoms with Crippen LogP contribution >= 0.6 is 0 Å². The highest BCUT2D eigenvalue weighted by atomic mass is 16.6. The predicted octanol–water partition coefficient (Wildman–Crippen LogP) is 4.64. The molecule has 0 spiro atoms. The highest BCUT2D eigenvalue weighted by molar-refractivity contribution is 5.90. The quantitative estimate of drug-likeness (QED) is 0.769. The molecule has 0 aromatic heterocycles. The van der Waals surface area contributed by atoms with Crippen LogP contribution in [0.1, 0.15) is 37.5 Å². The smallest absolute Gasteiger partial charge is 0.378 e. The van der Waals surface area contributed by atoms with E-state index in [0.29, 0.717) is 11.5 Å². The Labute approximate surface area is 154 Å². The van der Waals surface area contributed by atoms with E-state index in [1.807, 2.05) is 54.6 Å². The van der Waals surface area contributed by atoms with Gasteiger partial charge in [-0.15, -0.1) is 0 Å². The molecule has 1 unspecified atom stereocenters. The first-order chi connectivity index (χ1) is 12.4. The molecule has 0 saturated heterocycles. The lowest BCUT2D eigenvalue weighted by Gasteiger charge is -2.23.